The highest BCUT2D eigenvalue weighted by atomic mass is 32.2. The molecule has 1 saturated carbocycles. The van der Waals surface area contributed by atoms with Crippen molar-refractivity contribution in [3.63, 3.8) is 0 Å². The maximum atomic E-state index is 11.9. The van der Waals surface area contributed by atoms with Gasteiger partial charge in [-0.15, -0.1) is 23.1 Å². The number of carbonyl (C=O) groups is 1. The molecule has 0 radical (unpaired) electrons. The Kier molecular flexibility index (Phi) is 4.90. The highest BCUT2D eigenvalue weighted by Gasteiger charge is 2.31. The first-order chi connectivity index (χ1) is 8.94. The quantitative estimate of drug-likeness (QED) is 0.906. The lowest BCUT2D eigenvalue weighted by Gasteiger charge is -2.17. The largest absolute Gasteiger partial charge is 0.353 e. The Morgan fingerprint density at radius 1 is 1.63 bits per heavy atom. The summed E-state index contributed by atoms with van der Waals surface area (Å²) in [5, 5.41) is 6.31. The number of aryl methyl sites for hydroxylation is 1. The monoisotopic (exact) mass is 298 g/mol. The summed E-state index contributed by atoms with van der Waals surface area (Å²) in [5.41, 5.74) is 1.48. The van der Waals surface area contributed by atoms with E-state index in [-0.39, 0.29) is 5.91 Å². The van der Waals surface area contributed by atoms with E-state index in [9.17, 15) is 4.79 Å². The van der Waals surface area contributed by atoms with Crippen molar-refractivity contribution in [1.29, 1.82) is 0 Å². The maximum Gasteiger partial charge on any atom is 0.230 e. The van der Waals surface area contributed by atoms with Gasteiger partial charge in [0.2, 0.25) is 5.91 Å². The maximum absolute atomic E-state index is 11.9. The molecule has 1 aromatic heterocycles. The zero-order chi connectivity index (χ0) is 13.9. The van der Waals surface area contributed by atoms with Crippen LogP contribution in [0.4, 0.5) is 0 Å². The number of hydrogen-bond donors (Lipinski definition) is 1. The molecule has 3 nitrogen and oxygen atoms in total. The van der Waals surface area contributed by atoms with Crippen LogP contribution in [-0.2, 0) is 10.5 Å². The summed E-state index contributed by atoms with van der Waals surface area (Å²) >= 11 is 3.31. The highest BCUT2D eigenvalue weighted by Crippen LogP contribution is 2.36. The molecule has 0 bridgehead atoms. The molecule has 19 heavy (non-hydrogen) atoms. The van der Waals surface area contributed by atoms with Gasteiger partial charge in [-0.3, -0.25) is 4.79 Å². The molecule has 1 fully saturated rings. The Bertz CT molecular complexity index is 442. The van der Waals surface area contributed by atoms with E-state index in [2.05, 4.69) is 29.5 Å². The standard InChI is InChI=1S/C14H22N2OS2/c1-10-15-12(8-19-10)7-18-9-13(17)16-11-4-5-14(2,3)6-11/h8,11H,4-7,9H2,1-3H3,(H,16,17). The number of amides is 1. The molecule has 1 aromatic rings. The second kappa shape index (κ2) is 6.27. The second-order valence-electron chi connectivity index (χ2n) is 6.02. The van der Waals surface area contributed by atoms with E-state index < -0.39 is 0 Å². The summed E-state index contributed by atoms with van der Waals surface area (Å²) in [6.45, 7) is 6.56. The molecular formula is C14H22N2OS2. The number of nitrogens with one attached hydrogen (secondary N) is 1. The Morgan fingerprint density at radius 2 is 2.42 bits per heavy atom. The van der Waals surface area contributed by atoms with Crippen molar-refractivity contribution in [2.24, 2.45) is 5.41 Å². The molecule has 1 aliphatic rings. The van der Waals surface area contributed by atoms with Crippen LogP contribution in [-0.4, -0.2) is 22.7 Å². The summed E-state index contributed by atoms with van der Waals surface area (Å²) in [6, 6.07) is 0.379. The third-order valence-corrected chi connectivity index (χ3v) is 5.27. The molecule has 1 atom stereocenters. The summed E-state index contributed by atoms with van der Waals surface area (Å²) in [4.78, 5) is 16.3. The van der Waals surface area contributed by atoms with E-state index in [1.165, 1.54) is 6.42 Å². The molecule has 0 aromatic carbocycles. The van der Waals surface area contributed by atoms with Crippen LogP contribution in [0.25, 0.3) is 0 Å². The van der Waals surface area contributed by atoms with Gasteiger partial charge in [0, 0.05) is 17.2 Å². The van der Waals surface area contributed by atoms with Crippen molar-refractivity contribution < 1.29 is 4.79 Å². The fourth-order valence-corrected chi connectivity index (χ4v) is 4.00. The Morgan fingerprint density at radius 3 is 3.00 bits per heavy atom. The van der Waals surface area contributed by atoms with E-state index in [0.29, 0.717) is 17.2 Å². The van der Waals surface area contributed by atoms with Gasteiger partial charge in [0.15, 0.2) is 0 Å². The highest BCUT2D eigenvalue weighted by molar-refractivity contribution is 7.99. The van der Waals surface area contributed by atoms with Gasteiger partial charge in [-0.05, 0) is 31.6 Å². The van der Waals surface area contributed by atoms with Crippen LogP contribution < -0.4 is 5.32 Å². The van der Waals surface area contributed by atoms with Crippen LogP contribution in [0.5, 0.6) is 0 Å². The molecule has 5 heteroatoms. The van der Waals surface area contributed by atoms with Gasteiger partial charge >= 0.3 is 0 Å². The van der Waals surface area contributed by atoms with Crippen LogP contribution in [0.15, 0.2) is 5.38 Å². The number of nitrogens with zero attached hydrogens (tertiary/aromatic N) is 1. The zero-order valence-electron chi connectivity index (χ0n) is 11.9. The zero-order valence-corrected chi connectivity index (χ0v) is 13.5. The van der Waals surface area contributed by atoms with Gasteiger partial charge < -0.3 is 5.32 Å². The summed E-state index contributed by atoms with van der Waals surface area (Å²) in [6.07, 6.45) is 3.44. The molecule has 1 aliphatic carbocycles. The average Bonchev–Trinajstić information content (AvgIpc) is 2.85. The van der Waals surface area contributed by atoms with E-state index in [0.717, 1.165) is 29.3 Å². The number of carbonyl (C=O) groups excluding carboxylic acids is 1. The molecular weight excluding hydrogens is 276 g/mol. The van der Waals surface area contributed by atoms with Crippen molar-refractivity contribution in [2.75, 3.05) is 5.75 Å². The average molecular weight is 298 g/mol. The van der Waals surface area contributed by atoms with Crippen molar-refractivity contribution in [2.45, 2.75) is 51.8 Å². The topological polar surface area (TPSA) is 42.0 Å². The van der Waals surface area contributed by atoms with Crippen molar-refractivity contribution in [1.82, 2.24) is 10.3 Å². The molecule has 1 amide bonds. The van der Waals surface area contributed by atoms with Crippen LogP contribution in [0.3, 0.4) is 0 Å². The van der Waals surface area contributed by atoms with Crippen LogP contribution in [0, 0.1) is 12.3 Å². The molecule has 0 saturated heterocycles. The van der Waals surface area contributed by atoms with Gasteiger partial charge in [-0.1, -0.05) is 13.8 Å². The fourth-order valence-electron chi connectivity index (χ4n) is 2.55. The summed E-state index contributed by atoms with van der Waals surface area (Å²) < 4.78 is 0. The first-order valence-electron chi connectivity index (χ1n) is 6.73. The van der Waals surface area contributed by atoms with Crippen molar-refractivity contribution >= 4 is 29.0 Å². The van der Waals surface area contributed by atoms with Crippen LogP contribution in [0.2, 0.25) is 0 Å². The first kappa shape index (κ1) is 14.9. The van der Waals surface area contributed by atoms with Crippen LogP contribution in [0.1, 0.15) is 43.8 Å². The van der Waals surface area contributed by atoms with Gasteiger partial charge in [-0.25, -0.2) is 4.98 Å². The molecule has 0 spiro atoms. The Labute approximate surface area is 123 Å². The minimum absolute atomic E-state index is 0.166. The minimum atomic E-state index is 0.166. The van der Waals surface area contributed by atoms with Gasteiger partial charge in [0.1, 0.15) is 0 Å². The predicted molar refractivity (Wildman–Crippen MR) is 82.6 cm³/mol. The van der Waals surface area contributed by atoms with Gasteiger partial charge in [-0.2, -0.15) is 0 Å². The second-order valence-corrected chi connectivity index (χ2v) is 8.07. The third-order valence-electron chi connectivity index (χ3n) is 3.48. The Hall–Kier alpha value is -0.550. The lowest BCUT2D eigenvalue weighted by molar-refractivity contribution is -0.119. The number of hydrogen-bond acceptors (Lipinski definition) is 4. The van der Waals surface area contributed by atoms with E-state index >= 15 is 0 Å². The minimum Gasteiger partial charge on any atom is -0.353 e. The number of aromatic nitrogens is 1. The summed E-state index contributed by atoms with van der Waals surface area (Å²) in [5.74, 6) is 1.53. The van der Waals surface area contributed by atoms with Crippen molar-refractivity contribution in [3.05, 3.63) is 16.1 Å². The third kappa shape index (κ3) is 4.80. The molecule has 1 heterocycles. The molecule has 106 valence electrons. The van der Waals surface area contributed by atoms with Gasteiger partial charge in [0.25, 0.3) is 0 Å². The number of thioether (sulfide) groups is 1. The first-order valence-corrected chi connectivity index (χ1v) is 8.76. The smallest absolute Gasteiger partial charge is 0.230 e. The molecule has 0 aliphatic heterocycles. The normalized spacial score (nSPS) is 21.5. The Balaban J connectivity index is 1.65. The van der Waals surface area contributed by atoms with Crippen molar-refractivity contribution in [3.8, 4) is 0 Å². The molecule has 2 rings (SSSR count). The lowest BCUT2D eigenvalue weighted by Crippen LogP contribution is -2.34. The lowest BCUT2D eigenvalue weighted by atomic mass is 9.92. The SMILES string of the molecule is Cc1nc(CSCC(=O)NC2CCC(C)(C)C2)cs1. The van der Waals surface area contributed by atoms with E-state index in [1.807, 2.05) is 6.92 Å². The van der Waals surface area contributed by atoms with Crippen LogP contribution >= 0.6 is 23.1 Å². The number of thiazole rings is 1. The summed E-state index contributed by atoms with van der Waals surface area (Å²) in [7, 11) is 0. The van der Waals surface area contributed by atoms with Gasteiger partial charge in [0.05, 0.1) is 16.5 Å². The molecule has 1 N–H and O–H groups in total. The fraction of sp³-hybridized carbons (Fsp3) is 0.714. The predicted octanol–water partition coefficient (Wildman–Crippen LogP) is 3.38. The molecule has 1 unspecified atom stereocenters. The number of rotatable bonds is 5. The van der Waals surface area contributed by atoms with E-state index in [1.54, 1.807) is 23.1 Å². The van der Waals surface area contributed by atoms with E-state index in [4.69, 9.17) is 0 Å².